The van der Waals surface area contributed by atoms with Crippen molar-refractivity contribution >= 4 is 6.29 Å². The molecule has 0 unspecified atom stereocenters. The molecular weight excluding hydrogens is 604 g/mol. The van der Waals surface area contributed by atoms with Gasteiger partial charge in [0, 0.05) is 78.2 Å². The van der Waals surface area contributed by atoms with Crippen molar-refractivity contribution in [3.63, 3.8) is 0 Å². The molecule has 0 radical (unpaired) electrons. The zero-order valence-electron chi connectivity index (χ0n) is 28.3. The first-order valence-electron chi connectivity index (χ1n) is 14.6. The number of aldehydes is 1. The van der Waals surface area contributed by atoms with Gasteiger partial charge in [-0.15, -0.1) is 0 Å². The van der Waals surface area contributed by atoms with Crippen molar-refractivity contribution in [3.05, 3.63) is 0 Å². The zero-order valence-corrected chi connectivity index (χ0v) is 28.3. The lowest BCUT2D eigenvalue weighted by molar-refractivity contribution is -0.379. The highest BCUT2D eigenvalue weighted by atomic mass is 16.8. The van der Waals surface area contributed by atoms with Crippen LogP contribution in [-0.2, 0) is 75.8 Å². The van der Waals surface area contributed by atoms with Crippen LogP contribution in [0.4, 0.5) is 0 Å². The maximum absolute atomic E-state index is 12.6. The lowest BCUT2D eigenvalue weighted by Gasteiger charge is -2.49. The molecule has 0 bridgehead atoms. The van der Waals surface area contributed by atoms with E-state index in [1.807, 2.05) is 0 Å². The molecule has 2 fully saturated rings. The minimum atomic E-state index is -1.22. The van der Waals surface area contributed by atoms with Crippen molar-refractivity contribution in [1.29, 1.82) is 0 Å². The predicted octanol–water partition coefficient (Wildman–Crippen LogP) is -0.535. The second kappa shape index (κ2) is 21.1. The van der Waals surface area contributed by atoms with Crippen molar-refractivity contribution in [3.8, 4) is 0 Å². The summed E-state index contributed by atoms with van der Waals surface area (Å²) >= 11 is 0. The molecule has 0 aromatic heterocycles. The Kier molecular flexibility index (Phi) is 18.9. The van der Waals surface area contributed by atoms with Crippen LogP contribution in [0.3, 0.4) is 0 Å². The van der Waals surface area contributed by atoms with E-state index < -0.39 is 85.8 Å². The number of carbonyl (C=O) groups is 1. The van der Waals surface area contributed by atoms with E-state index in [9.17, 15) is 4.79 Å². The summed E-state index contributed by atoms with van der Waals surface area (Å²) in [7, 11) is 16.7. The molecule has 0 amide bonds. The SMILES string of the molecule is COC[C@H]1O[C@@H](O[C@H]2[C@H](O[C@@H](C=O)[C@@H](OC)[C@H](OC)[C@@H](COC)OC)O[C@H](COC)[C@@H](OC)[C@@H]2OC)[C@H](OC)[C@@H](OC)[C@@H]1OC. The Balaban J connectivity index is 2.54. The molecule has 2 heterocycles. The molecule has 16 heteroatoms. The molecular formula is C29H54O16. The van der Waals surface area contributed by atoms with Crippen LogP contribution in [0.15, 0.2) is 0 Å². The lowest BCUT2D eigenvalue weighted by atomic mass is 9.96. The number of methoxy groups -OCH3 is 11. The Morgan fingerprint density at radius 1 is 0.556 bits per heavy atom. The van der Waals surface area contributed by atoms with E-state index in [1.54, 1.807) is 21.3 Å². The summed E-state index contributed by atoms with van der Waals surface area (Å²) < 4.78 is 87.7. The van der Waals surface area contributed by atoms with Crippen LogP contribution in [0.5, 0.6) is 0 Å². The maximum atomic E-state index is 12.6. The quantitative estimate of drug-likeness (QED) is 0.137. The van der Waals surface area contributed by atoms with Gasteiger partial charge in [0.25, 0.3) is 0 Å². The van der Waals surface area contributed by atoms with Gasteiger partial charge in [0.05, 0.1) is 19.8 Å². The van der Waals surface area contributed by atoms with Crippen molar-refractivity contribution in [1.82, 2.24) is 0 Å². The van der Waals surface area contributed by atoms with Gasteiger partial charge in [0.1, 0.15) is 73.2 Å². The maximum Gasteiger partial charge on any atom is 0.188 e. The van der Waals surface area contributed by atoms with Crippen LogP contribution >= 0.6 is 0 Å². The van der Waals surface area contributed by atoms with E-state index in [2.05, 4.69) is 0 Å². The smallest absolute Gasteiger partial charge is 0.188 e. The van der Waals surface area contributed by atoms with E-state index in [4.69, 9.17) is 71.1 Å². The molecule has 2 aliphatic heterocycles. The predicted molar refractivity (Wildman–Crippen MR) is 155 cm³/mol. The van der Waals surface area contributed by atoms with Gasteiger partial charge in [-0.3, -0.25) is 0 Å². The lowest BCUT2D eigenvalue weighted by Crippen LogP contribution is -2.66. The van der Waals surface area contributed by atoms with Crippen LogP contribution in [-0.4, -0.2) is 190 Å². The van der Waals surface area contributed by atoms with E-state index in [1.165, 1.54) is 56.9 Å². The molecule has 0 aromatic carbocycles. The van der Waals surface area contributed by atoms with Gasteiger partial charge in [0.2, 0.25) is 0 Å². The Morgan fingerprint density at radius 2 is 1.04 bits per heavy atom. The summed E-state index contributed by atoms with van der Waals surface area (Å²) in [6.07, 6.45) is -10.8. The first-order chi connectivity index (χ1) is 21.8. The van der Waals surface area contributed by atoms with Crippen molar-refractivity contribution in [2.24, 2.45) is 0 Å². The summed E-state index contributed by atoms with van der Waals surface area (Å²) in [6.45, 7) is 0.484. The second-order valence-electron chi connectivity index (χ2n) is 10.5. The number of hydrogen-bond acceptors (Lipinski definition) is 16. The topological polar surface area (TPSA) is 156 Å². The van der Waals surface area contributed by atoms with Crippen LogP contribution < -0.4 is 0 Å². The molecule has 0 spiro atoms. The molecule has 14 atom stereocenters. The third kappa shape index (κ3) is 9.81. The van der Waals surface area contributed by atoms with Crippen molar-refractivity contribution in [2.75, 3.05) is 98.0 Å². The summed E-state index contributed by atoms with van der Waals surface area (Å²) in [5.74, 6) is 0. The molecule has 2 aliphatic rings. The van der Waals surface area contributed by atoms with Gasteiger partial charge >= 0.3 is 0 Å². The Bertz CT molecular complexity index is 793. The molecule has 266 valence electrons. The number of carbonyl (C=O) groups excluding carboxylic acids is 1. The van der Waals surface area contributed by atoms with Crippen molar-refractivity contribution < 1.29 is 75.8 Å². The summed E-state index contributed by atoms with van der Waals surface area (Å²) in [4.78, 5) is 12.6. The number of hydrogen-bond donors (Lipinski definition) is 0. The normalized spacial score (nSPS) is 35.1. The first-order valence-corrected chi connectivity index (χ1v) is 14.6. The monoisotopic (exact) mass is 658 g/mol. The van der Waals surface area contributed by atoms with Crippen LogP contribution in [0.2, 0.25) is 0 Å². The van der Waals surface area contributed by atoms with E-state index in [0.717, 1.165) is 0 Å². The summed E-state index contributed by atoms with van der Waals surface area (Å²) in [5.41, 5.74) is 0. The van der Waals surface area contributed by atoms with Gasteiger partial charge in [-0.25, -0.2) is 0 Å². The molecule has 0 aromatic rings. The highest BCUT2D eigenvalue weighted by molar-refractivity contribution is 5.57. The minimum absolute atomic E-state index is 0.127. The third-order valence-corrected chi connectivity index (χ3v) is 8.11. The summed E-state index contributed by atoms with van der Waals surface area (Å²) in [6, 6.07) is 0. The molecule has 0 aliphatic carbocycles. The number of ether oxygens (including phenoxy) is 15. The average molecular weight is 659 g/mol. The molecule has 0 saturated carbocycles. The molecule has 2 rings (SSSR count). The fourth-order valence-corrected chi connectivity index (χ4v) is 5.98. The first kappa shape index (κ1) is 40.2. The highest BCUT2D eigenvalue weighted by Gasteiger charge is 2.54. The fourth-order valence-electron chi connectivity index (χ4n) is 5.98. The van der Waals surface area contributed by atoms with E-state index in [-0.39, 0.29) is 19.8 Å². The Hall–Kier alpha value is -0.930. The molecule has 16 nitrogen and oxygen atoms in total. The number of rotatable bonds is 22. The minimum Gasteiger partial charge on any atom is -0.382 e. The second-order valence-corrected chi connectivity index (χ2v) is 10.5. The van der Waals surface area contributed by atoms with Crippen LogP contribution in [0.1, 0.15) is 0 Å². The van der Waals surface area contributed by atoms with E-state index in [0.29, 0.717) is 6.29 Å². The average Bonchev–Trinajstić information content (AvgIpc) is 3.05. The molecule has 2 saturated heterocycles. The largest absolute Gasteiger partial charge is 0.382 e. The van der Waals surface area contributed by atoms with Gasteiger partial charge in [-0.2, -0.15) is 0 Å². The van der Waals surface area contributed by atoms with Gasteiger partial charge in [-0.05, 0) is 0 Å². The Labute approximate surface area is 266 Å². The van der Waals surface area contributed by atoms with Gasteiger partial charge in [-0.1, -0.05) is 0 Å². The zero-order chi connectivity index (χ0) is 33.5. The van der Waals surface area contributed by atoms with Gasteiger partial charge < -0.3 is 75.8 Å². The van der Waals surface area contributed by atoms with E-state index >= 15 is 0 Å². The van der Waals surface area contributed by atoms with Crippen molar-refractivity contribution in [2.45, 2.75) is 85.8 Å². The van der Waals surface area contributed by atoms with Crippen LogP contribution in [0.25, 0.3) is 0 Å². The highest BCUT2D eigenvalue weighted by Crippen LogP contribution is 2.35. The Morgan fingerprint density at radius 3 is 1.44 bits per heavy atom. The summed E-state index contributed by atoms with van der Waals surface area (Å²) in [5, 5.41) is 0. The molecule has 45 heavy (non-hydrogen) atoms. The van der Waals surface area contributed by atoms with Gasteiger partial charge in [0.15, 0.2) is 18.9 Å². The standard InChI is InChI=1S/C29H54O16/c1-31-13-17(34-4)21(36-6)20(35-5)16(12-30)42-29-27(25(40-10)23(38-8)19(44-29)15-33-3)45-28-26(41-11)24(39-9)22(37-7)18(43-28)14-32-2/h12,16-29H,13-15H2,1-11H3/t16-,17+,18+,19+,20+,21+,22+,23+,24-,25-,26+,27+,28-,29+/m0/s1. The fraction of sp³-hybridized carbons (Fsp3) is 0.966. The molecule has 0 N–H and O–H groups in total. The third-order valence-electron chi connectivity index (χ3n) is 8.11. The van der Waals surface area contributed by atoms with Crippen LogP contribution in [0, 0.1) is 0 Å².